The van der Waals surface area contributed by atoms with Gasteiger partial charge in [-0.05, 0) is 47.1 Å². The fourth-order valence-corrected chi connectivity index (χ4v) is 2.52. The topological polar surface area (TPSA) is 55.4 Å². The van der Waals surface area contributed by atoms with E-state index in [0.717, 1.165) is 5.56 Å². The van der Waals surface area contributed by atoms with Gasteiger partial charge in [-0.2, -0.15) is 0 Å². The maximum atomic E-state index is 12.5. The van der Waals surface area contributed by atoms with Gasteiger partial charge in [-0.15, -0.1) is 0 Å². The summed E-state index contributed by atoms with van der Waals surface area (Å²) in [6.07, 6.45) is 0. The molecule has 0 saturated heterocycles. The van der Waals surface area contributed by atoms with Crippen molar-refractivity contribution in [1.29, 1.82) is 0 Å². The first-order valence-corrected chi connectivity index (χ1v) is 8.59. The lowest BCUT2D eigenvalue weighted by molar-refractivity contribution is -0.156. The van der Waals surface area contributed by atoms with Gasteiger partial charge in [0.05, 0.1) is 21.7 Å². The zero-order chi connectivity index (χ0) is 17.0. The van der Waals surface area contributed by atoms with E-state index in [0.29, 0.717) is 0 Å². The third kappa shape index (κ3) is 6.28. The van der Waals surface area contributed by atoms with Crippen molar-refractivity contribution in [3.63, 3.8) is 0 Å². The first kappa shape index (κ1) is 18.8. The van der Waals surface area contributed by atoms with Gasteiger partial charge in [-0.1, -0.05) is 30.3 Å². The Hall–Kier alpha value is -1.20. The van der Waals surface area contributed by atoms with Crippen LogP contribution in [0, 0.1) is 0 Å². The van der Waals surface area contributed by atoms with Crippen molar-refractivity contribution < 1.29 is 13.7 Å². The first-order valence-electron chi connectivity index (χ1n) is 7.44. The van der Waals surface area contributed by atoms with E-state index in [4.69, 9.17) is 4.74 Å². The monoisotopic (exact) mass is 325 g/mol. The average molecular weight is 325 g/mol. The van der Waals surface area contributed by atoms with E-state index in [1.165, 1.54) is 0 Å². The molecule has 0 radical (unpaired) electrons. The molecule has 5 heteroatoms. The summed E-state index contributed by atoms with van der Waals surface area (Å²) in [5.41, 5.74) is 0.308. The van der Waals surface area contributed by atoms with Crippen molar-refractivity contribution in [3.05, 3.63) is 35.9 Å². The van der Waals surface area contributed by atoms with E-state index in [2.05, 4.69) is 4.72 Å². The van der Waals surface area contributed by atoms with Crippen LogP contribution in [0.25, 0.3) is 0 Å². The summed E-state index contributed by atoms with van der Waals surface area (Å²) in [5.74, 6) is -0.788. The number of carbonyl (C=O) groups excluding carboxylic acids is 1. The summed E-state index contributed by atoms with van der Waals surface area (Å²) in [6, 6.07) is 9.43. The van der Waals surface area contributed by atoms with E-state index < -0.39 is 22.5 Å². The highest BCUT2D eigenvalue weighted by molar-refractivity contribution is 7.84. The highest BCUT2D eigenvalue weighted by atomic mass is 32.2. The van der Waals surface area contributed by atoms with Crippen LogP contribution >= 0.6 is 0 Å². The van der Waals surface area contributed by atoms with Crippen LogP contribution in [0.15, 0.2) is 30.3 Å². The molecule has 0 fully saturated rings. The second-order valence-electron chi connectivity index (χ2n) is 7.23. The smallest absolute Gasteiger partial charge is 0.315 e. The Morgan fingerprint density at radius 3 is 2.14 bits per heavy atom. The van der Waals surface area contributed by atoms with E-state index in [-0.39, 0.29) is 17.3 Å². The van der Waals surface area contributed by atoms with Crippen molar-refractivity contribution in [2.24, 2.45) is 0 Å². The molecule has 22 heavy (non-hydrogen) atoms. The van der Waals surface area contributed by atoms with Crippen LogP contribution in [0.2, 0.25) is 0 Å². The molecule has 124 valence electrons. The number of benzene rings is 1. The standard InChI is InChI=1S/C17H27NO3S/c1-16(2,3)21-15(19)14(13-10-8-7-9-11-13)12-18-22(20)17(4,5)6/h7-11,14,18H,12H2,1-6H3/t14-,22+/m1/s1. The van der Waals surface area contributed by atoms with E-state index in [1.807, 2.05) is 71.9 Å². The number of carbonyl (C=O) groups is 1. The second-order valence-corrected chi connectivity index (χ2v) is 9.28. The molecule has 4 nitrogen and oxygen atoms in total. The van der Waals surface area contributed by atoms with Gasteiger partial charge in [-0.25, -0.2) is 8.93 Å². The summed E-state index contributed by atoms with van der Waals surface area (Å²) in [4.78, 5) is 12.5. The van der Waals surface area contributed by atoms with Gasteiger partial charge in [0.1, 0.15) is 5.60 Å². The number of esters is 1. The Balaban J connectivity index is 2.89. The summed E-state index contributed by atoms with van der Waals surface area (Å²) >= 11 is 0. The number of ether oxygens (including phenoxy) is 1. The quantitative estimate of drug-likeness (QED) is 0.846. The van der Waals surface area contributed by atoms with Crippen molar-refractivity contribution in [3.8, 4) is 0 Å². The van der Waals surface area contributed by atoms with Crippen LogP contribution in [0.4, 0.5) is 0 Å². The highest BCUT2D eigenvalue weighted by Crippen LogP contribution is 2.21. The van der Waals surface area contributed by atoms with Gasteiger partial charge in [0.25, 0.3) is 0 Å². The highest BCUT2D eigenvalue weighted by Gasteiger charge is 2.28. The molecule has 0 amide bonds. The molecule has 0 aliphatic carbocycles. The SMILES string of the molecule is CC(C)(C)OC(=O)[C@H](CN[S@@](=O)C(C)(C)C)c1ccccc1. The van der Waals surface area contributed by atoms with Crippen LogP contribution < -0.4 is 4.72 Å². The van der Waals surface area contributed by atoms with E-state index in [9.17, 15) is 9.00 Å². The molecule has 0 aliphatic rings. The van der Waals surface area contributed by atoms with E-state index >= 15 is 0 Å². The Labute approximate surface area is 136 Å². The van der Waals surface area contributed by atoms with Gasteiger partial charge >= 0.3 is 5.97 Å². The first-order chi connectivity index (χ1) is 10.0. The number of nitrogens with one attached hydrogen (secondary N) is 1. The maximum Gasteiger partial charge on any atom is 0.315 e. The molecule has 1 aromatic rings. The van der Waals surface area contributed by atoms with Crippen LogP contribution in [-0.4, -0.2) is 27.1 Å². The molecule has 2 atom stereocenters. The number of rotatable bonds is 5. The zero-order valence-electron chi connectivity index (χ0n) is 14.3. The lowest BCUT2D eigenvalue weighted by Crippen LogP contribution is -2.38. The summed E-state index contributed by atoms with van der Waals surface area (Å²) in [7, 11) is -1.23. The average Bonchev–Trinajstić information content (AvgIpc) is 2.36. The Morgan fingerprint density at radius 2 is 1.68 bits per heavy atom. The molecule has 1 N–H and O–H groups in total. The van der Waals surface area contributed by atoms with Crippen LogP contribution in [0.1, 0.15) is 53.0 Å². The Bertz CT molecular complexity index is 515. The van der Waals surface area contributed by atoms with Gasteiger partial charge in [-0.3, -0.25) is 4.79 Å². The fourth-order valence-electron chi connectivity index (χ4n) is 1.77. The van der Waals surface area contributed by atoms with Crippen LogP contribution in [0.5, 0.6) is 0 Å². The van der Waals surface area contributed by atoms with Gasteiger partial charge in [0.2, 0.25) is 0 Å². The normalized spacial score (nSPS) is 15.2. The molecule has 0 spiro atoms. The Kier molecular flexibility index (Phi) is 6.32. The van der Waals surface area contributed by atoms with Gasteiger partial charge in [0, 0.05) is 6.54 Å². The largest absolute Gasteiger partial charge is 0.459 e. The summed E-state index contributed by atoms with van der Waals surface area (Å²) in [5, 5.41) is 0. The van der Waals surface area contributed by atoms with Crippen LogP contribution in [-0.2, 0) is 20.5 Å². The molecule has 1 rings (SSSR count). The minimum Gasteiger partial charge on any atom is -0.459 e. The molecular weight excluding hydrogens is 298 g/mol. The molecule has 0 saturated carbocycles. The van der Waals surface area contributed by atoms with Gasteiger partial charge < -0.3 is 4.74 Å². The van der Waals surface area contributed by atoms with Crippen molar-refractivity contribution in [1.82, 2.24) is 4.72 Å². The van der Waals surface area contributed by atoms with Crippen molar-refractivity contribution in [2.45, 2.75) is 57.8 Å². The molecule has 0 unspecified atom stereocenters. The van der Waals surface area contributed by atoms with Gasteiger partial charge in [0.15, 0.2) is 0 Å². The fraction of sp³-hybridized carbons (Fsp3) is 0.588. The van der Waals surface area contributed by atoms with E-state index in [1.54, 1.807) is 0 Å². The lowest BCUT2D eigenvalue weighted by atomic mass is 9.99. The molecule has 0 bridgehead atoms. The number of hydrogen-bond acceptors (Lipinski definition) is 3. The van der Waals surface area contributed by atoms with Crippen molar-refractivity contribution >= 4 is 17.0 Å². The summed E-state index contributed by atoms with van der Waals surface area (Å²) < 4.78 is 20.2. The number of hydrogen-bond donors (Lipinski definition) is 1. The minimum atomic E-state index is -1.23. The molecule has 1 aromatic carbocycles. The molecule has 0 heterocycles. The minimum absolute atomic E-state index is 0.281. The predicted molar refractivity (Wildman–Crippen MR) is 90.9 cm³/mol. The second kappa shape index (κ2) is 7.38. The Morgan fingerprint density at radius 1 is 1.14 bits per heavy atom. The van der Waals surface area contributed by atoms with Crippen LogP contribution in [0.3, 0.4) is 0 Å². The summed E-state index contributed by atoms with van der Waals surface area (Å²) in [6.45, 7) is 11.5. The third-order valence-electron chi connectivity index (χ3n) is 2.87. The predicted octanol–water partition coefficient (Wildman–Crippen LogP) is 3.16. The third-order valence-corrected chi connectivity index (χ3v) is 4.41. The van der Waals surface area contributed by atoms with Crippen molar-refractivity contribution in [2.75, 3.05) is 6.54 Å². The lowest BCUT2D eigenvalue weighted by Gasteiger charge is -2.25. The zero-order valence-corrected chi connectivity index (χ0v) is 15.1. The molecule has 0 aliphatic heterocycles. The molecular formula is C17H27NO3S. The molecule has 0 aromatic heterocycles. The maximum absolute atomic E-state index is 12.5.